The molecule has 5 N–H and O–H groups in total. The van der Waals surface area contributed by atoms with E-state index in [0.29, 0.717) is 24.4 Å². The number of nitrogens with two attached hydrogens (primary N) is 2. The Kier molecular flexibility index (Phi) is 45.5. The minimum atomic E-state index is -0.252. The number of hydrogen-bond acceptors (Lipinski definition) is 7. The highest BCUT2D eigenvalue weighted by Gasteiger charge is 2.02. The molecule has 7 nitrogen and oxygen atoms in total. The molecule has 0 saturated carbocycles. The molecule has 0 aliphatic carbocycles. The van der Waals surface area contributed by atoms with Crippen LogP contribution in [0.3, 0.4) is 0 Å². The van der Waals surface area contributed by atoms with E-state index in [4.69, 9.17) is 34.7 Å². The van der Waals surface area contributed by atoms with Crippen LogP contribution in [0.15, 0.2) is 0 Å². The van der Waals surface area contributed by atoms with E-state index < -0.39 is 0 Å². The van der Waals surface area contributed by atoms with Crippen LogP contribution in [0.1, 0.15) is 174 Å². The molecule has 0 aromatic heterocycles. The van der Waals surface area contributed by atoms with E-state index in [-0.39, 0.29) is 10.5 Å². The molecule has 9 heteroatoms. The Balaban J connectivity index is -0.000000649. The molecule has 0 heterocycles. The number of ketones is 2. The minimum absolute atomic E-state index is 0.252. The molecule has 0 amide bonds. The first-order valence-electron chi connectivity index (χ1n) is 17.6. The van der Waals surface area contributed by atoms with Gasteiger partial charge in [0, 0.05) is 32.1 Å². The Morgan fingerprint density at radius 2 is 0.750 bits per heavy atom. The van der Waals surface area contributed by atoms with Crippen LogP contribution < -0.4 is 16.8 Å². The monoisotopic (exact) mass is 665 g/mol. The van der Waals surface area contributed by atoms with Gasteiger partial charge in [-0.1, -0.05) is 83.5 Å². The molecular weight excluding hydrogens is 597 g/mol. The van der Waals surface area contributed by atoms with Crippen molar-refractivity contribution in [1.82, 2.24) is 5.32 Å². The summed E-state index contributed by atoms with van der Waals surface area (Å²) in [6.45, 7) is 4.41. The SMILES string of the molecule is CNCCCCCCCC(=O)CCCCCCCCC(C)=O.NCCCCCCN.O=C(Cl)CCCCCCCCC(=O)Cl. The zero-order valence-corrected chi connectivity index (χ0v) is 30.1. The molecule has 0 aliphatic rings. The summed E-state index contributed by atoms with van der Waals surface area (Å²) in [5, 5.41) is 2.65. The molecule has 0 bridgehead atoms. The summed E-state index contributed by atoms with van der Waals surface area (Å²) >= 11 is 10.4. The van der Waals surface area contributed by atoms with E-state index in [2.05, 4.69) is 5.32 Å². The van der Waals surface area contributed by atoms with Crippen molar-refractivity contribution in [3.8, 4) is 0 Å². The second-order valence-corrected chi connectivity index (χ2v) is 12.6. The lowest BCUT2D eigenvalue weighted by Crippen LogP contribution is -2.06. The molecule has 0 unspecified atom stereocenters. The lowest BCUT2D eigenvalue weighted by Gasteiger charge is -2.03. The maximum atomic E-state index is 11.7. The van der Waals surface area contributed by atoms with E-state index in [1.165, 1.54) is 51.4 Å². The Morgan fingerprint density at radius 1 is 0.455 bits per heavy atom. The van der Waals surface area contributed by atoms with Crippen molar-refractivity contribution in [2.24, 2.45) is 11.5 Å². The summed E-state index contributed by atoms with van der Waals surface area (Å²) in [7, 11) is 1.99. The highest BCUT2D eigenvalue weighted by molar-refractivity contribution is 6.63. The quantitative estimate of drug-likeness (QED) is 0.0497. The summed E-state index contributed by atoms with van der Waals surface area (Å²) in [4.78, 5) is 43.3. The van der Waals surface area contributed by atoms with Gasteiger partial charge in [0.2, 0.25) is 10.5 Å². The summed E-state index contributed by atoms with van der Waals surface area (Å²) < 4.78 is 0. The van der Waals surface area contributed by atoms with Crippen molar-refractivity contribution in [2.45, 2.75) is 174 Å². The van der Waals surface area contributed by atoms with E-state index in [1.54, 1.807) is 6.92 Å². The molecule has 0 fully saturated rings. The molecule has 0 radical (unpaired) electrons. The molecule has 44 heavy (non-hydrogen) atoms. The first-order chi connectivity index (χ1) is 21.2. The van der Waals surface area contributed by atoms with Crippen LogP contribution in [-0.2, 0) is 19.2 Å². The first-order valence-corrected chi connectivity index (χ1v) is 18.4. The van der Waals surface area contributed by atoms with Crippen LogP contribution in [0.4, 0.5) is 0 Å². The fourth-order valence-electron chi connectivity index (χ4n) is 4.56. The number of Topliss-reactive ketones (excluding diaryl/α,β-unsaturated/α-hetero) is 2. The first kappa shape index (κ1) is 47.5. The molecule has 0 saturated heterocycles. The van der Waals surface area contributed by atoms with E-state index in [9.17, 15) is 19.2 Å². The largest absolute Gasteiger partial charge is 0.330 e. The Labute approximate surface area is 281 Å². The van der Waals surface area contributed by atoms with Gasteiger partial charge >= 0.3 is 0 Å². The third-order valence-corrected chi connectivity index (χ3v) is 7.65. The lowest BCUT2D eigenvalue weighted by molar-refractivity contribution is -0.119. The van der Waals surface area contributed by atoms with Gasteiger partial charge in [0.15, 0.2) is 0 Å². The molecule has 0 aliphatic heterocycles. The smallest absolute Gasteiger partial charge is 0.221 e. The number of halogens is 2. The Bertz CT molecular complexity index is 625. The number of rotatable bonds is 31. The van der Waals surface area contributed by atoms with Crippen molar-refractivity contribution < 1.29 is 19.2 Å². The van der Waals surface area contributed by atoms with Crippen LogP contribution >= 0.6 is 23.2 Å². The molecule has 0 spiro atoms. The maximum absolute atomic E-state index is 11.7. The summed E-state index contributed by atoms with van der Waals surface area (Å²) in [6, 6.07) is 0. The summed E-state index contributed by atoms with van der Waals surface area (Å²) in [6.07, 6.45) is 26.9. The van der Waals surface area contributed by atoms with Crippen LogP contribution in [0.25, 0.3) is 0 Å². The standard InChI is InChI=1S/C19H37NO2.C10H16Cl2O2.C6H16N2/c1-18(21)14-10-6-3-4-7-11-15-19(22)16-12-8-5-9-13-17-20-2;11-9(13)7-5-3-1-2-4-6-8-10(12)14;7-5-3-1-2-4-6-8/h20H,3-17H2,1-2H3;1-8H2;1-8H2. The van der Waals surface area contributed by atoms with E-state index in [0.717, 1.165) is 122 Å². The number of nitrogens with one attached hydrogen (secondary N) is 1. The number of unbranched alkanes of at least 4 members (excludes halogenated alkanes) is 17. The highest BCUT2D eigenvalue weighted by Crippen LogP contribution is 2.12. The third-order valence-electron chi connectivity index (χ3n) is 7.27. The lowest BCUT2D eigenvalue weighted by atomic mass is 10.0. The van der Waals surface area contributed by atoms with Gasteiger partial charge in [-0.25, -0.2) is 0 Å². The van der Waals surface area contributed by atoms with Gasteiger partial charge in [0.05, 0.1) is 0 Å². The Morgan fingerprint density at radius 3 is 1.07 bits per heavy atom. The van der Waals surface area contributed by atoms with Gasteiger partial charge in [-0.15, -0.1) is 0 Å². The zero-order valence-electron chi connectivity index (χ0n) is 28.5. The second-order valence-electron chi connectivity index (χ2n) is 11.8. The molecule has 0 rings (SSSR count). The van der Waals surface area contributed by atoms with Gasteiger partial charge in [0.1, 0.15) is 11.6 Å². The van der Waals surface area contributed by atoms with Crippen molar-refractivity contribution in [1.29, 1.82) is 0 Å². The summed E-state index contributed by atoms with van der Waals surface area (Å²) in [5.74, 6) is 0.749. The average Bonchev–Trinajstić information content (AvgIpc) is 2.98. The Hall–Kier alpha value is -0.860. The maximum Gasteiger partial charge on any atom is 0.221 e. The fraction of sp³-hybridized carbons (Fsp3) is 0.886. The normalized spacial score (nSPS) is 10.4. The van der Waals surface area contributed by atoms with Gasteiger partial charge in [0.25, 0.3) is 0 Å². The third kappa shape index (κ3) is 53.7. The van der Waals surface area contributed by atoms with Gasteiger partial charge in [-0.3, -0.25) is 14.4 Å². The number of carbonyl (C=O) groups is 4. The number of hydrogen-bond donors (Lipinski definition) is 3. The van der Waals surface area contributed by atoms with E-state index in [1.807, 2.05) is 7.05 Å². The van der Waals surface area contributed by atoms with Crippen LogP contribution in [0, 0.1) is 0 Å². The van der Waals surface area contributed by atoms with Crippen molar-refractivity contribution in [3.05, 3.63) is 0 Å². The number of carbonyl (C=O) groups excluding carboxylic acids is 4. The highest BCUT2D eigenvalue weighted by atomic mass is 35.5. The average molecular weight is 667 g/mol. The van der Waals surface area contributed by atoms with Gasteiger partial charge < -0.3 is 21.6 Å². The second kappa shape index (κ2) is 42.1. The molecule has 0 atom stereocenters. The predicted molar refractivity (Wildman–Crippen MR) is 189 cm³/mol. The molecule has 0 aromatic rings. The van der Waals surface area contributed by atoms with Crippen LogP contribution in [0.5, 0.6) is 0 Å². The fourth-order valence-corrected chi connectivity index (χ4v) is 4.83. The van der Waals surface area contributed by atoms with Gasteiger partial charge in [-0.2, -0.15) is 0 Å². The topological polar surface area (TPSA) is 132 Å². The minimum Gasteiger partial charge on any atom is -0.330 e. The van der Waals surface area contributed by atoms with Crippen molar-refractivity contribution in [2.75, 3.05) is 26.7 Å². The van der Waals surface area contributed by atoms with Crippen molar-refractivity contribution >= 4 is 45.3 Å². The predicted octanol–water partition coefficient (Wildman–Crippen LogP) is 8.93. The summed E-state index contributed by atoms with van der Waals surface area (Å²) in [5.41, 5.74) is 10.6. The van der Waals surface area contributed by atoms with Crippen LogP contribution in [0.2, 0.25) is 0 Å². The van der Waals surface area contributed by atoms with E-state index >= 15 is 0 Å². The van der Waals surface area contributed by atoms with Crippen molar-refractivity contribution in [3.63, 3.8) is 0 Å². The zero-order chi connectivity index (χ0) is 33.5. The molecule has 262 valence electrons. The molecule has 0 aromatic carbocycles. The molecular formula is C35H69Cl2N3O4. The van der Waals surface area contributed by atoms with Crippen LogP contribution in [-0.4, -0.2) is 48.7 Å². The van der Waals surface area contributed by atoms with Gasteiger partial charge in [-0.05, 0) is 108 Å².